The summed E-state index contributed by atoms with van der Waals surface area (Å²) in [4.78, 5) is 2.23. The number of hydrogen-bond donors (Lipinski definition) is 1. The number of nitrogens with zero attached hydrogens (tertiary/aromatic N) is 2. The van der Waals surface area contributed by atoms with Gasteiger partial charge in [0.1, 0.15) is 0 Å². The number of hydrogen-bond acceptors (Lipinski definition) is 4. The van der Waals surface area contributed by atoms with E-state index in [1.807, 2.05) is 19.1 Å². The molecular formula is C16H22N2O2. The summed E-state index contributed by atoms with van der Waals surface area (Å²) in [7, 11) is 0. The Bertz CT molecular complexity index is 492. The lowest BCUT2D eigenvalue weighted by Gasteiger charge is -2.35. The Labute approximate surface area is 120 Å². The van der Waals surface area contributed by atoms with Gasteiger partial charge in [0, 0.05) is 30.9 Å². The molecule has 1 saturated heterocycles. The van der Waals surface area contributed by atoms with Crippen LogP contribution in [-0.4, -0.2) is 30.9 Å². The van der Waals surface area contributed by atoms with Gasteiger partial charge in [0.25, 0.3) is 0 Å². The molecule has 0 aromatic heterocycles. The van der Waals surface area contributed by atoms with Crippen molar-refractivity contribution in [3.63, 3.8) is 0 Å². The molecule has 0 amide bonds. The Morgan fingerprint density at radius 2 is 2.35 bits per heavy atom. The zero-order chi connectivity index (χ0) is 14.5. The molecule has 2 rings (SSSR count). The molecule has 1 aromatic carbocycles. The highest BCUT2D eigenvalue weighted by Gasteiger charge is 2.23. The molecule has 0 aliphatic carbocycles. The van der Waals surface area contributed by atoms with Gasteiger partial charge in [0.2, 0.25) is 0 Å². The highest BCUT2D eigenvalue weighted by molar-refractivity contribution is 5.58. The third kappa shape index (κ3) is 3.30. The maximum atomic E-state index is 9.93. The van der Waals surface area contributed by atoms with Crippen molar-refractivity contribution in [3.05, 3.63) is 29.3 Å². The standard InChI is InChI=1S/C16H22N2O2/c1-3-20-14-5-4-8-18(11-14)16-9-13(10-17)6-7-15(16)12(2)19/h6-7,9,12,14,19H,3-5,8,11H2,1-2H3/t12-,14?/m0/s1. The number of ether oxygens (including phenoxy) is 1. The quantitative estimate of drug-likeness (QED) is 0.917. The van der Waals surface area contributed by atoms with E-state index in [1.165, 1.54) is 0 Å². The third-order valence-electron chi connectivity index (χ3n) is 3.73. The molecule has 20 heavy (non-hydrogen) atoms. The molecule has 1 aliphatic rings. The monoisotopic (exact) mass is 274 g/mol. The first-order valence-corrected chi connectivity index (χ1v) is 7.24. The number of aliphatic hydroxyl groups is 1. The number of rotatable bonds is 4. The molecule has 1 aromatic rings. The second kappa shape index (κ2) is 6.74. The zero-order valence-corrected chi connectivity index (χ0v) is 12.2. The molecule has 2 atom stereocenters. The molecule has 1 aliphatic heterocycles. The summed E-state index contributed by atoms with van der Waals surface area (Å²) in [5.41, 5.74) is 2.47. The normalized spacial score (nSPS) is 20.5. The van der Waals surface area contributed by atoms with E-state index in [2.05, 4.69) is 11.0 Å². The molecule has 1 unspecified atom stereocenters. The van der Waals surface area contributed by atoms with Crippen LogP contribution in [0, 0.1) is 11.3 Å². The first-order chi connectivity index (χ1) is 9.65. The number of anilines is 1. The van der Waals surface area contributed by atoms with Gasteiger partial charge >= 0.3 is 0 Å². The van der Waals surface area contributed by atoms with E-state index < -0.39 is 6.10 Å². The van der Waals surface area contributed by atoms with Crippen LogP contribution >= 0.6 is 0 Å². The van der Waals surface area contributed by atoms with Crippen LogP contribution in [0.5, 0.6) is 0 Å². The van der Waals surface area contributed by atoms with Gasteiger partial charge in [-0.3, -0.25) is 0 Å². The van der Waals surface area contributed by atoms with Gasteiger partial charge in [-0.15, -0.1) is 0 Å². The number of aliphatic hydroxyl groups excluding tert-OH is 1. The summed E-state index contributed by atoms with van der Waals surface area (Å²) >= 11 is 0. The summed E-state index contributed by atoms with van der Waals surface area (Å²) in [6, 6.07) is 7.65. The highest BCUT2D eigenvalue weighted by Crippen LogP contribution is 2.30. The Hall–Kier alpha value is -1.57. The van der Waals surface area contributed by atoms with Gasteiger partial charge in [-0.1, -0.05) is 6.07 Å². The smallest absolute Gasteiger partial charge is 0.0992 e. The van der Waals surface area contributed by atoms with Crippen molar-refractivity contribution in [3.8, 4) is 6.07 Å². The maximum Gasteiger partial charge on any atom is 0.0992 e. The average Bonchev–Trinajstić information content (AvgIpc) is 2.47. The molecule has 4 heteroatoms. The van der Waals surface area contributed by atoms with Crippen LogP contribution in [0.25, 0.3) is 0 Å². The van der Waals surface area contributed by atoms with E-state index in [1.54, 1.807) is 13.0 Å². The van der Waals surface area contributed by atoms with Crippen molar-refractivity contribution in [2.24, 2.45) is 0 Å². The molecule has 0 bridgehead atoms. The van der Waals surface area contributed by atoms with Crippen molar-refractivity contribution in [2.45, 2.75) is 38.9 Å². The first-order valence-electron chi connectivity index (χ1n) is 7.24. The first kappa shape index (κ1) is 14.8. The van der Waals surface area contributed by atoms with Crippen molar-refractivity contribution in [1.29, 1.82) is 5.26 Å². The topological polar surface area (TPSA) is 56.5 Å². The van der Waals surface area contributed by atoms with Crippen LogP contribution in [0.15, 0.2) is 18.2 Å². The van der Waals surface area contributed by atoms with Crippen molar-refractivity contribution in [2.75, 3.05) is 24.6 Å². The fraction of sp³-hybridized carbons (Fsp3) is 0.562. The molecule has 1 heterocycles. The molecule has 0 radical (unpaired) electrons. The molecule has 108 valence electrons. The average molecular weight is 274 g/mol. The van der Waals surface area contributed by atoms with Crippen LogP contribution in [0.3, 0.4) is 0 Å². The van der Waals surface area contributed by atoms with Crippen molar-refractivity contribution >= 4 is 5.69 Å². The highest BCUT2D eigenvalue weighted by atomic mass is 16.5. The van der Waals surface area contributed by atoms with Crippen molar-refractivity contribution < 1.29 is 9.84 Å². The van der Waals surface area contributed by atoms with E-state index in [0.29, 0.717) is 5.56 Å². The lowest BCUT2D eigenvalue weighted by Crippen LogP contribution is -2.40. The molecule has 0 spiro atoms. The number of nitriles is 1. The molecular weight excluding hydrogens is 252 g/mol. The van der Waals surface area contributed by atoms with Crippen molar-refractivity contribution in [1.82, 2.24) is 0 Å². The lowest BCUT2D eigenvalue weighted by molar-refractivity contribution is 0.0525. The molecule has 1 N–H and O–H groups in total. The second-order valence-electron chi connectivity index (χ2n) is 5.23. The Morgan fingerprint density at radius 1 is 1.55 bits per heavy atom. The van der Waals surface area contributed by atoms with Gasteiger partial charge in [0.05, 0.1) is 23.8 Å². The van der Waals surface area contributed by atoms with Crippen LogP contribution in [0.2, 0.25) is 0 Å². The zero-order valence-electron chi connectivity index (χ0n) is 12.2. The molecule has 4 nitrogen and oxygen atoms in total. The minimum Gasteiger partial charge on any atom is -0.389 e. The summed E-state index contributed by atoms with van der Waals surface area (Å²) in [6.45, 7) is 6.26. The fourth-order valence-corrected chi connectivity index (χ4v) is 2.77. The third-order valence-corrected chi connectivity index (χ3v) is 3.73. The van der Waals surface area contributed by atoms with E-state index in [9.17, 15) is 5.11 Å². The Morgan fingerprint density at radius 3 is 3.00 bits per heavy atom. The fourth-order valence-electron chi connectivity index (χ4n) is 2.77. The van der Waals surface area contributed by atoms with E-state index in [-0.39, 0.29) is 6.10 Å². The Kier molecular flexibility index (Phi) is 4.99. The van der Waals surface area contributed by atoms with Gasteiger partial charge in [-0.05, 0) is 38.8 Å². The number of piperidine rings is 1. The van der Waals surface area contributed by atoms with E-state index in [4.69, 9.17) is 10.00 Å². The summed E-state index contributed by atoms with van der Waals surface area (Å²) in [5.74, 6) is 0. The van der Waals surface area contributed by atoms with E-state index in [0.717, 1.165) is 43.8 Å². The molecule has 0 saturated carbocycles. The predicted molar refractivity (Wildman–Crippen MR) is 78.7 cm³/mol. The summed E-state index contributed by atoms with van der Waals surface area (Å²) in [6.07, 6.45) is 1.85. The van der Waals surface area contributed by atoms with Crippen LogP contribution in [0.1, 0.15) is 43.9 Å². The van der Waals surface area contributed by atoms with Gasteiger partial charge in [0.15, 0.2) is 0 Å². The van der Waals surface area contributed by atoms with Crippen LogP contribution in [-0.2, 0) is 4.74 Å². The van der Waals surface area contributed by atoms with E-state index >= 15 is 0 Å². The second-order valence-corrected chi connectivity index (χ2v) is 5.23. The summed E-state index contributed by atoms with van der Waals surface area (Å²) < 4.78 is 5.72. The Balaban J connectivity index is 2.27. The largest absolute Gasteiger partial charge is 0.389 e. The SMILES string of the molecule is CCOC1CCCN(c2cc(C#N)ccc2[C@H](C)O)C1. The van der Waals surface area contributed by atoms with Gasteiger partial charge in [-0.25, -0.2) is 0 Å². The minimum absolute atomic E-state index is 0.237. The summed E-state index contributed by atoms with van der Waals surface area (Å²) in [5, 5.41) is 19.0. The number of benzene rings is 1. The van der Waals surface area contributed by atoms with Gasteiger partial charge < -0.3 is 14.7 Å². The van der Waals surface area contributed by atoms with Crippen LogP contribution in [0.4, 0.5) is 5.69 Å². The van der Waals surface area contributed by atoms with Crippen LogP contribution < -0.4 is 4.90 Å². The maximum absolute atomic E-state index is 9.93. The predicted octanol–water partition coefficient (Wildman–Crippen LogP) is 2.62. The lowest BCUT2D eigenvalue weighted by atomic mass is 10.0. The van der Waals surface area contributed by atoms with Gasteiger partial charge in [-0.2, -0.15) is 5.26 Å². The molecule has 1 fully saturated rings. The minimum atomic E-state index is -0.537.